The topological polar surface area (TPSA) is 123 Å². The number of benzene rings is 1. The number of nitrogens with zero attached hydrogens (tertiary/aromatic N) is 4. The molecule has 0 bridgehead atoms. The van der Waals surface area contributed by atoms with Crippen molar-refractivity contribution in [1.82, 2.24) is 24.9 Å². The predicted octanol–water partition coefficient (Wildman–Crippen LogP) is 1.94. The molecule has 10 nitrogen and oxygen atoms in total. The molecule has 3 rings (SSSR count). The summed E-state index contributed by atoms with van der Waals surface area (Å²) in [5.74, 6) is 1.71. The summed E-state index contributed by atoms with van der Waals surface area (Å²) in [7, 11) is 1.64. The number of fused-ring (bicyclic) bond motifs is 3. The Balaban J connectivity index is 1.64. The summed E-state index contributed by atoms with van der Waals surface area (Å²) < 4.78 is 12.7. The minimum Gasteiger partial charge on any atom is -0.491 e. The third kappa shape index (κ3) is 5.63. The smallest absolute Gasteiger partial charge is 0.249 e. The lowest BCUT2D eigenvalue weighted by molar-refractivity contribution is -0.131. The van der Waals surface area contributed by atoms with Crippen LogP contribution in [0.15, 0.2) is 18.2 Å². The number of aryl methyl sites for hydroxylation is 1. The lowest BCUT2D eigenvalue weighted by atomic mass is 10.1. The van der Waals surface area contributed by atoms with Crippen molar-refractivity contribution in [2.24, 2.45) is 5.92 Å². The number of ether oxygens (including phenoxy) is 2. The zero-order valence-corrected chi connectivity index (χ0v) is 19.1. The maximum Gasteiger partial charge on any atom is 0.249 e. The van der Waals surface area contributed by atoms with Crippen molar-refractivity contribution >= 4 is 28.4 Å². The Hall–Kier alpha value is -2.98. The monoisotopic (exact) mass is 444 g/mol. The van der Waals surface area contributed by atoms with E-state index in [0.717, 1.165) is 35.4 Å². The molecule has 0 aliphatic rings. The van der Waals surface area contributed by atoms with E-state index in [1.54, 1.807) is 7.11 Å². The highest BCUT2D eigenvalue weighted by Crippen LogP contribution is 2.25. The maximum absolute atomic E-state index is 11.8. The summed E-state index contributed by atoms with van der Waals surface area (Å²) in [6.45, 7) is 7.67. The Labute approximate surface area is 187 Å². The summed E-state index contributed by atoms with van der Waals surface area (Å²) in [6.07, 6.45) is 0.621. The van der Waals surface area contributed by atoms with E-state index in [-0.39, 0.29) is 11.8 Å². The van der Waals surface area contributed by atoms with Crippen LogP contribution in [0.5, 0.6) is 5.75 Å². The second-order valence-electron chi connectivity index (χ2n) is 7.97. The van der Waals surface area contributed by atoms with Crippen LogP contribution in [0.4, 0.5) is 5.82 Å². The molecule has 0 radical (unpaired) electrons. The van der Waals surface area contributed by atoms with Gasteiger partial charge in [0.15, 0.2) is 5.82 Å². The first-order chi connectivity index (χ1) is 15.4. The van der Waals surface area contributed by atoms with E-state index in [9.17, 15) is 9.90 Å². The predicted molar refractivity (Wildman–Crippen MR) is 122 cm³/mol. The van der Waals surface area contributed by atoms with Gasteiger partial charge < -0.3 is 25.2 Å². The maximum atomic E-state index is 11.8. The van der Waals surface area contributed by atoms with E-state index >= 15 is 0 Å². The fraction of sp³-hybridized carbons (Fsp3) is 0.545. The molecule has 0 saturated carbocycles. The number of anilines is 1. The Morgan fingerprint density at radius 1 is 1.19 bits per heavy atom. The molecule has 3 aromatic rings. The Bertz CT molecular complexity index is 1050. The molecule has 0 fully saturated rings. The molecule has 3 N–H and O–H groups in total. The zero-order valence-electron chi connectivity index (χ0n) is 19.1. The van der Waals surface area contributed by atoms with Gasteiger partial charge in [0.1, 0.15) is 24.3 Å². The molecule has 0 aliphatic carbocycles. The third-order valence-corrected chi connectivity index (χ3v) is 5.11. The van der Waals surface area contributed by atoms with Crippen molar-refractivity contribution in [3.8, 4) is 5.75 Å². The fourth-order valence-electron chi connectivity index (χ4n) is 3.28. The number of unbranched alkanes of at least 4 members (excludes halogenated alkanes) is 1. The number of carbonyl (C=O) groups is 1. The van der Waals surface area contributed by atoms with Gasteiger partial charge in [-0.1, -0.05) is 13.8 Å². The summed E-state index contributed by atoms with van der Waals surface area (Å²) in [4.78, 5) is 16.5. The molecule has 1 unspecified atom stereocenters. The summed E-state index contributed by atoms with van der Waals surface area (Å²) >= 11 is 0. The summed E-state index contributed by atoms with van der Waals surface area (Å²) in [5, 5.41) is 24.3. The Morgan fingerprint density at radius 2 is 1.97 bits per heavy atom. The lowest BCUT2D eigenvalue weighted by Crippen LogP contribution is -2.38. The molecule has 0 saturated heterocycles. The molecule has 10 heteroatoms. The summed E-state index contributed by atoms with van der Waals surface area (Å²) in [5.41, 5.74) is 2.34. The third-order valence-electron chi connectivity index (χ3n) is 5.11. The minimum atomic E-state index is -0.970. The van der Waals surface area contributed by atoms with Crippen molar-refractivity contribution in [2.75, 3.05) is 38.7 Å². The number of hydrogen-bond donors (Lipinski definition) is 3. The van der Waals surface area contributed by atoms with E-state index in [0.29, 0.717) is 37.8 Å². The highest BCUT2D eigenvalue weighted by atomic mass is 16.5. The van der Waals surface area contributed by atoms with Gasteiger partial charge in [-0.25, -0.2) is 4.98 Å². The molecular formula is C22H32N6O4. The van der Waals surface area contributed by atoms with E-state index in [1.165, 1.54) is 0 Å². The number of nitrogens with one attached hydrogen (secondary N) is 2. The van der Waals surface area contributed by atoms with Gasteiger partial charge in [0.25, 0.3) is 0 Å². The van der Waals surface area contributed by atoms with E-state index in [1.807, 2.05) is 43.4 Å². The molecule has 1 amide bonds. The molecule has 2 aromatic heterocycles. The van der Waals surface area contributed by atoms with Gasteiger partial charge in [0.2, 0.25) is 11.6 Å². The first-order valence-electron chi connectivity index (χ1n) is 10.9. The minimum absolute atomic E-state index is 0.101. The van der Waals surface area contributed by atoms with Crippen LogP contribution in [0.2, 0.25) is 0 Å². The lowest BCUT2D eigenvalue weighted by Gasteiger charge is -2.14. The number of methoxy groups -OCH3 is 1. The molecule has 32 heavy (non-hydrogen) atoms. The number of rotatable bonds is 12. The average molecular weight is 445 g/mol. The van der Waals surface area contributed by atoms with Crippen LogP contribution < -0.4 is 15.4 Å². The van der Waals surface area contributed by atoms with Crippen LogP contribution in [0.1, 0.15) is 32.5 Å². The van der Waals surface area contributed by atoms with Crippen LogP contribution in [0.25, 0.3) is 16.7 Å². The van der Waals surface area contributed by atoms with Crippen molar-refractivity contribution in [1.29, 1.82) is 0 Å². The van der Waals surface area contributed by atoms with Gasteiger partial charge in [-0.2, -0.15) is 0 Å². The molecule has 2 heterocycles. The van der Waals surface area contributed by atoms with E-state index < -0.39 is 6.10 Å². The molecule has 1 atom stereocenters. The normalized spacial score (nSPS) is 12.4. The largest absolute Gasteiger partial charge is 0.491 e. The molecule has 174 valence electrons. The van der Waals surface area contributed by atoms with Crippen LogP contribution in [-0.4, -0.2) is 70.1 Å². The fourth-order valence-corrected chi connectivity index (χ4v) is 3.28. The van der Waals surface area contributed by atoms with Crippen molar-refractivity contribution in [3.05, 3.63) is 24.0 Å². The summed E-state index contributed by atoms with van der Waals surface area (Å²) in [6, 6.07) is 5.74. The Kier molecular flexibility index (Phi) is 8.18. The molecule has 1 aromatic carbocycles. The van der Waals surface area contributed by atoms with Crippen molar-refractivity contribution in [3.63, 3.8) is 0 Å². The highest BCUT2D eigenvalue weighted by Gasteiger charge is 2.18. The zero-order chi connectivity index (χ0) is 23.1. The van der Waals surface area contributed by atoms with Gasteiger partial charge in [-0.15, -0.1) is 10.2 Å². The van der Waals surface area contributed by atoms with Gasteiger partial charge in [-0.05, 0) is 37.8 Å². The standard InChI is InChI=1S/C22H32N6O4/c1-14(2)19(29)22(30)24-10-6-5-9-23-20-21-27-26-15(3)28(21)18-8-7-16(13-17(18)25-20)32-12-11-31-4/h7-8,13-14,19,29H,5-6,9-12H2,1-4H3,(H,23,25)(H,24,30). The second kappa shape index (κ2) is 11.1. The van der Waals surface area contributed by atoms with Gasteiger partial charge in [0, 0.05) is 26.3 Å². The first kappa shape index (κ1) is 23.7. The van der Waals surface area contributed by atoms with Crippen molar-refractivity contribution in [2.45, 2.75) is 39.7 Å². The van der Waals surface area contributed by atoms with Crippen LogP contribution in [0.3, 0.4) is 0 Å². The van der Waals surface area contributed by atoms with E-state index in [4.69, 9.17) is 14.5 Å². The number of carbonyl (C=O) groups excluding carboxylic acids is 1. The second-order valence-corrected chi connectivity index (χ2v) is 7.97. The van der Waals surface area contributed by atoms with Gasteiger partial charge in [-0.3, -0.25) is 9.20 Å². The van der Waals surface area contributed by atoms with Gasteiger partial charge in [0.05, 0.1) is 17.6 Å². The molecular weight excluding hydrogens is 412 g/mol. The number of aliphatic hydroxyl groups excluding tert-OH is 1. The SMILES string of the molecule is COCCOc1ccc2c(c1)nc(NCCCCNC(=O)C(O)C(C)C)c1nnc(C)n12. The van der Waals surface area contributed by atoms with Gasteiger partial charge >= 0.3 is 0 Å². The highest BCUT2D eigenvalue weighted by molar-refractivity contribution is 5.84. The number of aromatic nitrogens is 4. The van der Waals surface area contributed by atoms with Crippen LogP contribution in [0, 0.1) is 12.8 Å². The van der Waals surface area contributed by atoms with Crippen molar-refractivity contribution < 1.29 is 19.4 Å². The first-order valence-corrected chi connectivity index (χ1v) is 10.9. The van der Waals surface area contributed by atoms with Crippen LogP contribution >= 0.6 is 0 Å². The number of hydrogen-bond acceptors (Lipinski definition) is 8. The number of aliphatic hydroxyl groups is 1. The van der Waals surface area contributed by atoms with E-state index in [2.05, 4.69) is 20.8 Å². The molecule has 0 spiro atoms. The Morgan fingerprint density at radius 3 is 2.72 bits per heavy atom. The quantitative estimate of drug-likeness (QED) is 0.362. The average Bonchev–Trinajstić information content (AvgIpc) is 3.17. The number of amides is 1. The van der Waals surface area contributed by atoms with Crippen LogP contribution in [-0.2, 0) is 9.53 Å². The molecule has 0 aliphatic heterocycles.